The Morgan fingerprint density at radius 2 is 2.39 bits per heavy atom. The highest BCUT2D eigenvalue weighted by Gasteiger charge is 2.17. The lowest BCUT2D eigenvalue weighted by atomic mass is 10.1. The fraction of sp³-hybridized carbons (Fsp3) is 0.786. The van der Waals surface area contributed by atoms with Crippen LogP contribution >= 0.6 is 11.3 Å². The highest BCUT2D eigenvalue weighted by atomic mass is 32.1. The molecule has 102 valence electrons. The van der Waals surface area contributed by atoms with E-state index in [2.05, 4.69) is 30.8 Å². The zero-order valence-corrected chi connectivity index (χ0v) is 12.5. The second kappa shape index (κ2) is 6.64. The lowest BCUT2D eigenvalue weighted by Gasteiger charge is -2.18. The highest BCUT2D eigenvalue weighted by Crippen LogP contribution is 2.19. The molecule has 0 aromatic carbocycles. The first-order valence-electron chi connectivity index (χ1n) is 6.83. The smallest absolute Gasteiger partial charge is 0.0930 e. The van der Waals surface area contributed by atoms with Gasteiger partial charge in [0.2, 0.25) is 0 Å². The van der Waals surface area contributed by atoms with E-state index in [1.807, 2.05) is 17.5 Å². The van der Waals surface area contributed by atoms with Crippen molar-refractivity contribution in [2.24, 2.45) is 11.8 Å². The molecule has 1 aromatic heterocycles. The molecule has 0 radical (unpaired) electrons. The molecule has 0 N–H and O–H groups in total. The minimum Gasteiger partial charge on any atom is -0.381 e. The Hall–Kier alpha value is -0.450. The van der Waals surface area contributed by atoms with Crippen LogP contribution in [0.15, 0.2) is 6.20 Å². The number of rotatable bonds is 6. The van der Waals surface area contributed by atoms with Gasteiger partial charge in [0.15, 0.2) is 0 Å². The van der Waals surface area contributed by atoms with E-state index in [0.29, 0.717) is 5.92 Å². The van der Waals surface area contributed by atoms with Gasteiger partial charge in [-0.25, -0.2) is 4.98 Å². The Morgan fingerprint density at radius 3 is 3.06 bits per heavy atom. The minimum atomic E-state index is 0.692. The number of hydrogen-bond acceptors (Lipinski definition) is 4. The van der Waals surface area contributed by atoms with Gasteiger partial charge in [0.05, 0.1) is 11.6 Å². The quantitative estimate of drug-likeness (QED) is 0.793. The summed E-state index contributed by atoms with van der Waals surface area (Å²) in [5.74, 6) is 1.41. The summed E-state index contributed by atoms with van der Waals surface area (Å²) in [5.41, 5.74) is 0. The third-order valence-corrected chi connectivity index (χ3v) is 4.21. The zero-order valence-electron chi connectivity index (χ0n) is 11.7. The van der Waals surface area contributed by atoms with Crippen LogP contribution in [0.1, 0.15) is 30.2 Å². The Kier molecular flexibility index (Phi) is 5.15. The number of aromatic nitrogens is 1. The standard InChI is InChI=1S/C14H24N2OS/c1-11(2)6-14-15-7-13(18-14)9-16(3)8-12-4-5-17-10-12/h7,11-12H,4-6,8-10H2,1-3H3/t12-/m1/s1. The minimum absolute atomic E-state index is 0.692. The molecule has 1 atom stereocenters. The summed E-state index contributed by atoms with van der Waals surface area (Å²) in [5, 5.41) is 1.28. The Morgan fingerprint density at radius 1 is 1.56 bits per heavy atom. The summed E-state index contributed by atoms with van der Waals surface area (Å²) in [6, 6.07) is 0. The van der Waals surface area contributed by atoms with Crippen LogP contribution in [0.2, 0.25) is 0 Å². The first kappa shape index (κ1) is 14.0. The molecule has 1 aromatic rings. The second-order valence-electron chi connectivity index (χ2n) is 5.74. The predicted octanol–water partition coefficient (Wildman–Crippen LogP) is 2.81. The van der Waals surface area contributed by atoms with E-state index in [-0.39, 0.29) is 0 Å². The van der Waals surface area contributed by atoms with Crippen molar-refractivity contribution in [3.63, 3.8) is 0 Å². The van der Waals surface area contributed by atoms with Gasteiger partial charge in [0.25, 0.3) is 0 Å². The molecular formula is C14H24N2OS. The number of thiazole rings is 1. The fourth-order valence-electron chi connectivity index (χ4n) is 2.36. The van der Waals surface area contributed by atoms with Gasteiger partial charge in [-0.05, 0) is 25.3 Å². The molecule has 3 nitrogen and oxygen atoms in total. The molecule has 18 heavy (non-hydrogen) atoms. The van der Waals surface area contributed by atoms with Gasteiger partial charge in [0, 0.05) is 37.2 Å². The highest BCUT2D eigenvalue weighted by molar-refractivity contribution is 7.11. The summed E-state index contributed by atoms with van der Waals surface area (Å²) in [4.78, 5) is 8.28. The normalized spacial score (nSPS) is 20.2. The SMILES string of the molecule is CC(C)Cc1ncc(CN(C)C[C@H]2CCOC2)s1. The maximum Gasteiger partial charge on any atom is 0.0930 e. The average molecular weight is 268 g/mol. The van der Waals surface area contributed by atoms with Crippen LogP contribution in [-0.4, -0.2) is 36.7 Å². The van der Waals surface area contributed by atoms with Gasteiger partial charge >= 0.3 is 0 Å². The molecule has 2 rings (SSSR count). The second-order valence-corrected chi connectivity index (χ2v) is 6.94. The van der Waals surface area contributed by atoms with Crippen molar-refractivity contribution in [3.05, 3.63) is 16.1 Å². The van der Waals surface area contributed by atoms with Crippen molar-refractivity contribution in [3.8, 4) is 0 Å². The summed E-state index contributed by atoms with van der Waals surface area (Å²) >= 11 is 1.86. The number of ether oxygens (including phenoxy) is 1. The van der Waals surface area contributed by atoms with Crippen molar-refractivity contribution >= 4 is 11.3 Å². The molecule has 1 aliphatic rings. The van der Waals surface area contributed by atoms with Gasteiger partial charge in [-0.2, -0.15) is 0 Å². The van der Waals surface area contributed by atoms with Gasteiger partial charge < -0.3 is 9.64 Å². The van der Waals surface area contributed by atoms with Crippen LogP contribution in [0.5, 0.6) is 0 Å². The van der Waals surface area contributed by atoms with Crippen molar-refractivity contribution < 1.29 is 4.74 Å². The van der Waals surface area contributed by atoms with Crippen LogP contribution in [0.3, 0.4) is 0 Å². The van der Waals surface area contributed by atoms with Crippen LogP contribution < -0.4 is 0 Å². The van der Waals surface area contributed by atoms with Gasteiger partial charge in [-0.3, -0.25) is 0 Å². The summed E-state index contributed by atoms with van der Waals surface area (Å²) in [6.45, 7) is 8.52. The largest absolute Gasteiger partial charge is 0.381 e. The van der Waals surface area contributed by atoms with Gasteiger partial charge in [-0.1, -0.05) is 13.8 Å². The first-order valence-corrected chi connectivity index (χ1v) is 7.65. The molecule has 0 saturated carbocycles. The van der Waals surface area contributed by atoms with Gasteiger partial charge in [0.1, 0.15) is 0 Å². The van der Waals surface area contributed by atoms with Crippen molar-refractivity contribution in [1.29, 1.82) is 0 Å². The molecule has 1 fully saturated rings. The van der Waals surface area contributed by atoms with Crippen molar-refractivity contribution in [2.45, 2.75) is 33.2 Å². The summed E-state index contributed by atoms with van der Waals surface area (Å²) < 4.78 is 5.42. The van der Waals surface area contributed by atoms with Gasteiger partial charge in [-0.15, -0.1) is 11.3 Å². The number of nitrogens with zero attached hydrogens (tertiary/aromatic N) is 2. The molecular weight excluding hydrogens is 244 g/mol. The van der Waals surface area contributed by atoms with E-state index in [1.165, 1.54) is 16.3 Å². The summed E-state index contributed by atoms with van der Waals surface area (Å²) in [7, 11) is 2.19. The molecule has 1 saturated heterocycles. The van der Waals surface area contributed by atoms with Crippen molar-refractivity contribution in [1.82, 2.24) is 9.88 Å². The predicted molar refractivity (Wildman–Crippen MR) is 75.9 cm³/mol. The van der Waals surface area contributed by atoms with Crippen LogP contribution in [0, 0.1) is 11.8 Å². The topological polar surface area (TPSA) is 25.4 Å². The molecule has 0 spiro atoms. The molecule has 0 aliphatic carbocycles. The summed E-state index contributed by atoms with van der Waals surface area (Å²) in [6.07, 6.45) is 4.36. The Labute approximate surface area is 114 Å². The van der Waals surface area contributed by atoms with E-state index in [9.17, 15) is 0 Å². The van der Waals surface area contributed by atoms with E-state index >= 15 is 0 Å². The molecule has 1 aliphatic heterocycles. The Bertz CT molecular complexity index is 358. The number of hydrogen-bond donors (Lipinski definition) is 0. The molecule has 4 heteroatoms. The lowest BCUT2D eigenvalue weighted by Crippen LogP contribution is -2.25. The van der Waals surface area contributed by atoms with Crippen LogP contribution in [0.4, 0.5) is 0 Å². The fourth-order valence-corrected chi connectivity index (χ4v) is 3.58. The maximum absolute atomic E-state index is 5.42. The Balaban J connectivity index is 1.79. The van der Waals surface area contributed by atoms with Crippen molar-refractivity contribution in [2.75, 3.05) is 26.8 Å². The maximum atomic E-state index is 5.42. The van der Waals surface area contributed by atoms with E-state index < -0.39 is 0 Å². The molecule has 0 amide bonds. The zero-order chi connectivity index (χ0) is 13.0. The monoisotopic (exact) mass is 268 g/mol. The molecule has 0 unspecified atom stereocenters. The van der Waals surface area contributed by atoms with Crippen LogP contribution in [0.25, 0.3) is 0 Å². The van der Waals surface area contributed by atoms with E-state index in [1.54, 1.807) is 0 Å². The first-order chi connectivity index (χ1) is 8.63. The third kappa shape index (κ3) is 4.34. The average Bonchev–Trinajstić information content (AvgIpc) is 2.89. The van der Waals surface area contributed by atoms with E-state index in [0.717, 1.165) is 38.6 Å². The molecule has 2 heterocycles. The lowest BCUT2D eigenvalue weighted by molar-refractivity contribution is 0.173. The van der Waals surface area contributed by atoms with Crippen LogP contribution in [-0.2, 0) is 17.7 Å². The third-order valence-electron chi connectivity index (χ3n) is 3.20. The molecule has 0 bridgehead atoms. The van der Waals surface area contributed by atoms with E-state index in [4.69, 9.17) is 4.74 Å².